The van der Waals surface area contributed by atoms with Crippen LogP contribution < -0.4 is 4.74 Å². The number of hydrogen-bond donors (Lipinski definition) is 1. The molecule has 122 valence electrons. The van der Waals surface area contributed by atoms with E-state index in [4.69, 9.17) is 9.15 Å². The van der Waals surface area contributed by atoms with E-state index in [-0.39, 0.29) is 12.2 Å². The molecule has 24 heavy (non-hydrogen) atoms. The Morgan fingerprint density at radius 2 is 2.00 bits per heavy atom. The zero-order valence-corrected chi connectivity index (χ0v) is 12.9. The highest BCUT2D eigenvalue weighted by molar-refractivity contribution is 6.43. The first-order valence-electron chi connectivity index (χ1n) is 7.16. The van der Waals surface area contributed by atoms with Gasteiger partial charge in [-0.2, -0.15) is 5.21 Å². The van der Waals surface area contributed by atoms with Gasteiger partial charge in [0, 0.05) is 12.8 Å². The summed E-state index contributed by atoms with van der Waals surface area (Å²) in [7, 11) is 1.61. The predicted molar refractivity (Wildman–Crippen MR) is 81.7 cm³/mol. The van der Waals surface area contributed by atoms with Crippen molar-refractivity contribution in [2.45, 2.75) is 12.8 Å². The van der Waals surface area contributed by atoms with Crippen molar-refractivity contribution >= 4 is 11.6 Å². The fraction of sp³-hybridized carbons (Fsp3) is 0.188. The molecule has 1 N–H and O–H groups in total. The monoisotopic (exact) mass is 326 g/mol. The Labute approximate surface area is 136 Å². The van der Waals surface area contributed by atoms with Gasteiger partial charge < -0.3 is 9.15 Å². The van der Waals surface area contributed by atoms with E-state index >= 15 is 0 Å². The number of benzene rings is 1. The van der Waals surface area contributed by atoms with Crippen LogP contribution in [-0.2, 0) is 17.6 Å². The Bertz CT molecular complexity index is 837. The number of ether oxygens (including phenoxy) is 1. The summed E-state index contributed by atoms with van der Waals surface area (Å²) >= 11 is 0. The van der Waals surface area contributed by atoms with Crippen molar-refractivity contribution in [2.75, 3.05) is 7.11 Å². The third-order valence-corrected chi connectivity index (χ3v) is 3.41. The zero-order valence-electron chi connectivity index (χ0n) is 12.9. The van der Waals surface area contributed by atoms with Gasteiger partial charge in [0.15, 0.2) is 0 Å². The second kappa shape index (κ2) is 6.86. The summed E-state index contributed by atoms with van der Waals surface area (Å²) in [5, 5.41) is 12.4. The lowest BCUT2D eigenvalue weighted by atomic mass is 10.1. The average molecular weight is 326 g/mol. The van der Waals surface area contributed by atoms with Gasteiger partial charge in [-0.15, -0.1) is 10.2 Å². The van der Waals surface area contributed by atoms with Gasteiger partial charge in [0.1, 0.15) is 11.5 Å². The summed E-state index contributed by atoms with van der Waals surface area (Å²) < 4.78 is 10.6. The normalized spacial score (nSPS) is 10.5. The summed E-state index contributed by atoms with van der Waals surface area (Å²) in [6.45, 7) is 0. The Hall–Kier alpha value is -3.29. The Kier molecular flexibility index (Phi) is 4.46. The quantitative estimate of drug-likeness (QED) is 0.516. The first kappa shape index (κ1) is 15.6. The number of nitrogens with one attached hydrogen (secondary N) is 1. The number of Topliss-reactive ketones (excluding diaryl/α,β-unsaturated/α-hetero) is 2. The molecule has 8 nitrogen and oxygen atoms in total. The van der Waals surface area contributed by atoms with Crippen LogP contribution in [0.5, 0.6) is 5.75 Å². The summed E-state index contributed by atoms with van der Waals surface area (Å²) in [6.07, 6.45) is 1.98. The molecule has 2 heterocycles. The molecule has 8 heteroatoms. The molecule has 0 saturated heterocycles. The minimum absolute atomic E-state index is 0.0700. The number of carbonyl (C=O) groups is 2. The van der Waals surface area contributed by atoms with Crippen LogP contribution >= 0.6 is 0 Å². The van der Waals surface area contributed by atoms with E-state index in [2.05, 4.69) is 20.6 Å². The SMILES string of the molecule is COc1ccc(Cc2cc(CC(=O)C(=O)c3nn[nH]n3)co2)cc1. The first-order chi connectivity index (χ1) is 11.7. The van der Waals surface area contributed by atoms with Crippen molar-refractivity contribution in [2.24, 2.45) is 0 Å². The molecule has 0 atom stereocenters. The van der Waals surface area contributed by atoms with E-state index in [0.717, 1.165) is 11.3 Å². The van der Waals surface area contributed by atoms with Gasteiger partial charge in [0.25, 0.3) is 5.78 Å². The number of tetrazole rings is 1. The lowest BCUT2D eigenvalue weighted by Gasteiger charge is -2.01. The average Bonchev–Trinajstić information content (AvgIpc) is 3.27. The Morgan fingerprint density at radius 3 is 2.67 bits per heavy atom. The molecule has 0 aliphatic heterocycles. The number of aromatic amines is 1. The second-order valence-electron chi connectivity index (χ2n) is 5.11. The summed E-state index contributed by atoms with van der Waals surface area (Å²) in [5.41, 5.74) is 1.67. The molecule has 2 aromatic heterocycles. The number of hydrogen-bond acceptors (Lipinski definition) is 7. The smallest absolute Gasteiger partial charge is 0.269 e. The molecule has 0 fully saturated rings. The van der Waals surface area contributed by atoms with E-state index in [1.807, 2.05) is 24.3 Å². The highest BCUT2D eigenvalue weighted by Crippen LogP contribution is 2.17. The fourth-order valence-electron chi connectivity index (χ4n) is 2.20. The first-order valence-corrected chi connectivity index (χ1v) is 7.16. The second-order valence-corrected chi connectivity index (χ2v) is 5.11. The van der Waals surface area contributed by atoms with Crippen molar-refractivity contribution in [1.29, 1.82) is 0 Å². The Balaban J connectivity index is 1.62. The molecule has 0 bridgehead atoms. The third-order valence-electron chi connectivity index (χ3n) is 3.41. The maximum Gasteiger partial charge on any atom is 0.269 e. The van der Waals surface area contributed by atoms with Crippen molar-refractivity contribution in [3.05, 3.63) is 59.3 Å². The van der Waals surface area contributed by atoms with Gasteiger partial charge in [0.2, 0.25) is 11.6 Å². The standard InChI is InChI=1S/C16H14N4O4/c1-23-12-4-2-10(3-5-12)6-13-7-11(9-24-13)8-14(21)15(22)16-17-19-20-18-16/h2-5,7,9H,6,8H2,1H3,(H,17,18,19,20). The lowest BCUT2D eigenvalue weighted by Crippen LogP contribution is -2.18. The molecular formula is C16H14N4O4. The fourth-order valence-corrected chi connectivity index (χ4v) is 2.20. The number of rotatable bonds is 7. The van der Waals surface area contributed by atoms with Gasteiger partial charge in [-0.25, -0.2) is 0 Å². The molecule has 0 unspecified atom stereocenters. The molecule has 0 saturated carbocycles. The van der Waals surface area contributed by atoms with Crippen LogP contribution in [0.25, 0.3) is 0 Å². The van der Waals surface area contributed by atoms with Gasteiger partial charge in [-0.1, -0.05) is 12.1 Å². The maximum atomic E-state index is 11.9. The van der Waals surface area contributed by atoms with Crippen molar-refractivity contribution in [1.82, 2.24) is 20.6 Å². The van der Waals surface area contributed by atoms with Crippen molar-refractivity contribution in [3.63, 3.8) is 0 Å². The number of aromatic nitrogens is 4. The van der Waals surface area contributed by atoms with Crippen LogP contribution in [0.1, 0.15) is 27.5 Å². The molecule has 3 aromatic rings. The van der Waals surface area contributed by atoms with Gasteiger partial charge >= 0.3 is 0 Å². The minimum Gasteiger partial charge on any atom is -0.497 e. The Morgan fingerprint density at radius 1 is 1.21 bits per heavy atom. The van der Waals surface area contributed by atoms with Crippen molar-refractivity contribution < 1.29 is 18.7 Å². The van der Waals surface area contributed by atoms with Gasteiger partial charge in [-0.05, 0) is 34.5 Å². The number of nitrogens with zero attached hydrogens (tertiary/aromatic N) is 3. The number of carbonyl (C=O) groups excluding carboxylic acids is 2. The van der Waals surface area contributed by atoms with Gasteiger partial charge in [-0.3, -0.25) is 9.59 Å². The highest BCUT2D eigenvalue weighted by atomic mass is 16.5. The molecule has 0 amide bonds. The van der Waals surface area contributed by atoms with Crippen LogP contribution in [0, 0.1) is 0 Å². The van der Waals surface area contributed by atoms with Crippen LogP contribution in [-0.4, -0.2) is 39.3 Å². The summed E-state index contributed by atoms with van der Waals surface area (Å²) in [5.74, 6) is -0.142. The van der Waals surface area contributed by atoms with E-state index in [0.29, 0.717) is 17.7 Å². The zero-order chi connectivity index (χ0) is 16.9. The predicted octanol–water partition coefficient (Wildman–Crippen LogP) is 1.39. The highest BCUT2D eigenvalue weighted by Gasteiger charge is 2.21. The minimum atomic E-state index is -0.776. The third kappa shape index (κ3) is 3.54. The summed E-state index contributed by atoms with van der Waals surface area (Å²) in [4.78, 5) is 23.7. The largest absolute Gasteiger partial charge is 0.497 e. The molecule has 0 aliphatic rings. The van der Waals surface area contributed by atoms with Crippen LogP contribution in [0.4, 0.5) is 0 Å². The number of ketones is 2. The molecular weight excluding hydrogens is 312 g/mol. The molecule has 0 spiro atoms. The lowest BCUT2D eigenvalue weighted by molar-refractivity contribution is -0.114. The molecule has 0 radical (unpaired) electrons. The number of H-pyrrole nitrogens is 1. The molecule has 3 rings (SSSR count). The van der Waals surface area contributed by atoms with Crippen LogP contribution in [0.3, 0.4) is 0 Å². The van der Waals surface area contributed by atoms with Crippen LogP contribution in [0.15, 0.2) is 41.0 Å². The molecule has 0 aliphatic carbocycles. The van der Waals surface area contributed by atoms with E-state index in [1.54, 1.807) is 13.2 Å². The summed E-state index contributed by atoms with van der Waals surface area (Å²) in [6, 6.07) is 9.36. The number of furan rings is 1. The number of methoxy groups -OCH3 is 1. The van der Waals surface area contributed by atoms with Crippen LogP contribution in [0.2, 0.25) is 0 Å². The maximum absolute atomic E-state index is 11.9. The van der Waals surface area contributed by atoms with Crippen molar-refractivity contribution in [3.8, 4) is 5.75 Å². The van der Waals surface area contributed by atoms with E-state index in [1.165, 1.54) is 6.26 Å². The van der Waals surface area contributed by atoms with E-state index in [9.17, 15) is 9.59 Å². The van der Waals surface area contributed by atoms with E-state index < -0.39 is 11.6 Å². The van der Waals surface area contributed by atoms with Gasteiger partial charge in [0.05, 0.1) is 13.4 Å². The topological polar surface area (TPSA) is 111 Å². The molecule has 1 aromatic carbocycles.